The van der Waals surface area contributed by atoms with Crippen molar-refractivity contribution in [2.24, 2.45) is 5.41 Å². The molecule has 2 saturated heterocycles. The van der Waals surface area contributed by atoms with Crippen LogP contribution in [0.5, 0.6) is 0 Å². The first kappa shape index (κ1) is 17.4. The van der Waals surface area contributed by atoms with Gasteiger partial charge in [-0.25, -0.2) is 9.59 Å². The summed E-state index contributed by atoms with van der Waals surface area (Å²) in [6.45, 7) is 8.68. The molecule has 2 aliphatic rings. The van der Waals surface area contributed by atoms with Gasteiger partial charge < -0.3 is 19.3 Å². The fourth-order valence-corrected chi connectivity index (χ4v) is 3.32. The number of esters is 1. The van der Waals surface area contributed by atoms with Gasteiger partial charge in [-0.05, 0) is 39.3 Å². The summed E-state index contributed by atoms with van der Waals surface area (Å²) in [6, 6.07) is 3.40. The van der Waals surface area contributed by atoms with Crippen LogP contribution in [0, 0.1) is 5.41 Å². The summed E-state index contributed by atoms with van der Waals surface area (Å²) in [5.41, 5.74) is -0.183. The Bertz CT molecular complexity index is 662. The molecule has 1 aromatic heterocycles. The Labute approximate surface area is 147 Å². The van der Waals surface area contributed by atoms with E-state index in [0.29, 0.717) is 13.1 Å². The molecule has 0 bridgehead atoms. The van der Waals surface area contributed by atoms with E-state index in [1.165, 1.54) is 7.11 Å². The molecule has 25 heavy (non-hydrogen) atoms. The molecule has 0 aliphatic carbocycles. The van der Waals surface area contributed by atoms with E-state index < -0.39 is 11.6 Å². The van der Waals surface area contributed by atoms with Crippen LogP contribution in [0.4, 0.5) is 10.6 Å². The minimum Gasteiger partial charge on any atom is -0.464 e. The second-order valence-electron chi connectivity index (χ2n) is 7.78. The average Bonchev–Trinajstić information content (AvgIpc) is 2.97. The van der Waals surface area contributed by atoms with Crippen molar-refractivity contribution in [2.75, 3.05) is 38.2 Å². The Hall–Kier alpha value is -2.38. The van der Waals surface area contributed by atoms with E-state index in [0.717, 1.165) is 25.3 Å². The zero-order valence-electron chi connectivity index (χ0n) is 15.1. The zero-order chi connectivity index (χ0) is 18.2. The molecule has 0 atom stereocenters. The van der Waals surface area contributed by atoms with Crippen LogP contribution < -0.4 is 4.90 Å². The van der Waals surface area contributed by atoms with Crippen LogP contribution in [0.15, 0.2) is 12.1 Å². The number of aromatic nitrogens is 2. The van der Waals surface area contributed by atoms with Gasteiger partial charge in [0.25, 0.3) is 0 Å². The lowest BCUT2D eigenvalue weighted by Crippen LogP contribution is -2.60. The number of rotatable bonds is 2. The molecule has 1 amide bonds. The van der Waals surface area contributed by atoms with E-state index in [2.05, 4.69) is 19.8 Å². The van der Waals surface area contributed by atoms with Gasteiger partial charge >= 0.3 is 12.1 Å². The fourth-order valence-electron chi connectivity index (χ4n) is 3.32. The molecule has 0 N–H and O–H groups in total. The van der Waals surface area contributed by atoms with Crippen molar-refractivity contribution < 1.29 is 19.1 Å². The fraction of sp³-hybridized carbons (Fsp3) is 0.647. The first-order valence-corrected chi connectivity index (χ1v) is 8.36. The molecule has 0 aromatic carbocycles. The van der Waals surface area contributed by atoms with Gasteiger partial charge in [0.2, 0.25) is 0 Å². The van der Waals surface area contributed by atoms with Gasteiger partial charge in [0.1, 0.15) is 5.60 Å². The Kier molecular flexibility index (Phi) is 4.30. The molecule has 0 saturated carbocycles. The minimum atomic E-state index is -0.496. The molecule has 136 valence electrons. The van der Waals surface area contributed by atoms with Crippen molar-refractivity contribution >= 4 is 17.9 Å². The van der Waals surface area contributed by atoms with Crippen molar-refractivity contribution in [1.29, 1.82) is 0 Å². The Morgan fingerprint density at radius 3 is 2.44 bits per heavy atom. The van der Waals surface area contributed by atoms with Crippen LogP contribution in [0.3, 0.4) is 0 Å². The Morgan fingerprint density at radius 1 is 1.16 bits per heavy atom. The standard InChI is InChI=1S/C17H24N4O4/c1-16(2,3)25-15(23)21-10-17(11-21)7-8-20(9-17)13-6-5-12(18-19-13)14(22)24-4/h5-6H,7-11H2,1-4H3. The summed E-state index contributed by atoms with van der Waals surface area (Å²) in [5, 5.41) is 8.04. The highest BCUT2D eigenvalue weighted by Gasteiger charge is 2.50. The molecule has 3 rings (SSSR count). The summed E-state index contributed by atoms with van der Waals surface area (Å²) in [6.07, 6.45) is 0.742. The van der Waals surface area contributed by atoms with Gasteiger partial charge in [-0.3, -0.25) is 0 Å². The van der Waals surface area contributed by atoms with Gasteiger partial charge in [-0.1, -0.05) is 0 Å². The molecular weight excluding hydrogens is 324 g/mol. The van der Waals surface area contributed by atoms with Crippen LogP contribution in [0.25, 0.3) is 0 Å². The van der Waals surface area contributed by atoms with Gasteiger partial charge in [-0.2, -0.15) is 0 Å². The topological polar surface area (TPSA) is 84.9 Å². The van der Waals surface area contributed by atoms with E-state index in [1.807, 2.05) is 20.8 Å². The van der Waals surface area contributed by atoms with Crippen molar-refractivity contribution in [3.8, 4) is 0 Å². The lowest BCUT2D eigenvalue weighted by molar-refractivity contribution is -0.0266. The van der Waals surface area contributed by atoms with Crippen LogP contribution in [-0.2, 0) is 9.47 Å². The highest BCUT2D eigenvalue weighted by Crippen LogP contribution is 2.41. The number of hydrogen-bond acceptors (Lipinski definition) is 7. The number of hydrogen-bond donors (Lipinski definition) is 0. The Morgan fingerprint density at radius 2 is 1.88 bits per heavy atom. The van der Waals surface area contributed by atoms with Gasteiger partial charge in [0, 0.05) is 31.6 Å². The van der Waals surface area contributed by atoms with Crippen molar-refractivity contribution in [3.05, 3.63) is 17.8 Å². The molecule has 1 aromatic rings. The monoisotopic (exact) mass is 348 g/mol. The van der Waals surface area contributed by atoms with E-state index >= 15 is 0 Å². The first-order chi connectivity index (χ1) is 11.7. The largest absolute Gasteiger partial charge is 0.464 e. The maximum absolute atomic E-state index is 12.1. The lowest BCUT2D eigenvalue weighted by atomic mass is 9.79. The quantitative estimate of drug-likeness (QED) is 0.752. The summed E-state index contributed by atoms with van der Waals surface area (Å²) < 4.78 is 10.0. The smallest absolute Gasteiger partial charge is 0.410 e. The highest BCUT2D eigenvalue weighted by atomic mass is 16.6. The molecule has 1 spiro atoms. The van der Waals surface area contributed by atoms with Crippen LogP contribution in [0.2, 0.25) is 0 Å². The predicted molar refractivity (Wildman–Crippen MR) is 90.4 cm³/mol. The molecule has 3 heterocycles. The molecule has 8 heteroatoms. The third kappa shape index (κ3) is 3.67. The average molecular weight is 348 g/mol. The Balaban J connectivity index is 1.56. The van der Waals surface area contributed by atoms with Crippen LogP contribution in [0.1, 0.15) is 37.7 Å². The molecule has 2 fully saturated rings. The third-order valence-electron chi connectivity index (χ3n) is 4.51. The summed E-state index contributed by atoms with van der Waals surface area (Å²) in [5.74, 6) is 0.240. The number of amides is 1. The van der Waals surface area contributed by atoms with Gasteiger partial charge in [-0.15, -0.1) is 10.2 Å². The highest BCUT2D eigenvalue weighted by molar-refractivity contribution is 5.87. The number of carbonyl (C=O) groups excluding carboxylic acids is 2. The maximum atomic E-state index is 12.1. The molecule has 0 radical (unpaired) electrons. The minimum absolute atomic E-state index is 0.0968. The predicted octanol–water partition coefficient (Wildman–Crippen LogP) is 1.71. The van der Waals surface area contributed by atoms with E-state index in [9.17, 15) is 9.59 Å². The lowest BCUT2D eigenvalue weighted by Gasteiger charge is -2.47. The summed E-state index contributed by atoms with van der Waals surface area (Å²) in [4.78, 5) is 27.4. The summed E-state index contributed by atoms with van der Waals surface area (Å²) >= 11 is 0. The number of ether oxygens (including phenoxy) is 2. The molecule has 8 nitrogen and oxygen atoms in total. The van der Waals surface area contributed by atoms with Crippen molar-refractivity contribution in [1.82, 2.24) is 15.1 Å². The summed E-state index contributed by atoms with van der Waals surface area (Å²) in [7, 11) is 1.31. The van der Waals surface area contributed by atoms with Crippen molar-refractivity contribution in [3.63, 3.8) is 0 Å². The number of nitrogens with zero attached hydrogens (tertiary/aromatic N) is 4. The maximum Gasteiger partial charge on any atom is 0.410 e. The molecule has 0 unspecified atom stereocenters. The number of likely N-dealkylation sites (tertiary alicyclic amines) is 1. The normalized spacial score (nSPS) is 18.9. The second-order valence-corrected chi connectivity index (χ2v) is 7.78. The van der Waals surface area contributed by atoms with E-state index in [1.54, 1.807) is 17.0 Å². The van der Waals surface area contributed by atoms with Gasteiger partial charge in [0.15, 0.2) is 11.5 Å². The number of carbonyl (C=O) groups is 2. The SMILES string of the molecule is COC(=O)c1ccc(N2CCC3(CN(C(=O)OC(C)(C)C)C3)C2)nn1. The third-order valence-corrected chi connectivity index (χ3v) is 4.51. The molecular formula is C17H24N4O4. The van der Waals surface area contributed by atoms with Gasteiger partial charge in [0.05, 0.1) is 7.11 Å². The first-order valence-electron chi connectivity index (χ1n) is 8.36. The molecule has 2 aliphatic heterocycles. The van der Waals surface area contributed by atoms with E-state index in [-0.39, 0.29) is 17.2 Å². The van der Waals surface area contributed by atoms with Crippen LogP contribution >= 0.6 is 0 Å². The second kappa shape index (κ2) is 6.16. The zero-order valence-corrected chi connectivity index (χ0v) is 15.1. The number of anilines is 1. The van der Waals surface area contributed by atoms with Crippen molar-refractivity contribution in [2.45, 2.75) is 32.8 Å². The number of methoxy groups -OCH3 is 1. The van der Waals surface area contributed by atoms with E-state index in [4.69, 9.17) is 4.74 Å². The van der Waals surface area contributed by atoms with Crippen LogP contribution in [-0.4, -0.2) is 66.0 Å².